The molecule has 0 heterocycles. The van der Waals surface area contributed by atoms with Gasteiger partial charge in [-0.1, -0.05) is 205 Å². The highest BCUT2D eigenvalue weighted by atomic mass is 14.4. The summed E-state index contributed by atoms with van der Waals surface area (Å²) in [5.41, 5.74) is 26.3. The van der Waals surface area contributed by atoms with Gasteiger partial charge in [0.15, 0.2) is 0 Å². The summed E-state index contributed by atoms with van der Waals surface area (Å²) in [5, 5.41) is 5.08. The third-order valence-electron chi connectivity index (χ3n) is 15.9. The first-order chi connectivity index (χ1) is 31.5. The van der Waals surface area contributed by atoms with Crippen LogP contribution in [0.3, 0.4) is 0 Å². The molecule has 0 nitrogen and oxygen atoms in total. The summed E-state index contributed by atoms with van der Waals surface area (Å²) < 4.78 is 0. The Kier molecular flexibility index (Phi) is 7.86. The van der Waals surface area contributed by atoms with Crippen molar-refractivity contribution in [2.75, 3.05) is 0 Å². The van der Waals surface area contributed by atoms with Crippen LogP contribution in [-0.4, -0.2) is 0 Å². The zero-order valence-electron chi connectivity index (χ0n) is 38.0. The second kappa shape index (κ2) is 13.4. The highest BCUT2D eigenvalue weighted by molar-refractivity contribution is 6.22. The Labute approximate surface area is 382 Å². The van der Waals surface area contributed by atoms with E-state index in [0.29, 0.717) is 0 Å². The maximum atomic E-state index is 2.51. The molecular formula is C65H50. The topological polar surface area (TPSA) is 0 Å². The summed E-state index contributed by atoms with van der Waals surface area (Å²) in [4.78, 5) is 0. The maximum Gasteiger partial charge on any atom is 0.0159 e. The van der Waals surface area contributed by atoms with Gasteiger partial charge in [-0.3, -0.25) is 0 Å². The summed E-state index contributed by atoms with van der Waals surface area (Å²) in [5.74, 6) is 0. The molecule has 0 saturated carbocycles. The monoisotopic (exact) mass is 830 g/mol. The molecule has 0 amide bonds. The second-order valence-corrected chi connectivity index (χ2v) is 20.4. The van der Waals surface area contributed by atoms with Gasteiger partial charge < -0.3 is 0 Å². The SMILES string of the molecule is CC1(C)c2ccccc2-c2ccc(-c3cccc(-c4c5ccccc5c(-c5ccc6c(c5)C(C)(C)c5ccccc5-6)c5cc(-c6ccc7c(c6)C(C)(C)c6ccccc6-7)ccc45)c3)cc21. The van der Waals surface area contributed by atoms with Crippen LogP contribution in [0.2, 0.25) is 0 Å². The van der Waals surface area contributed by atoms with Crippen LogP contribution >= 0.6 is 0 Å². The van der Waals surface area contributed by atoms with Crippen LogP contribution in [0.25, 0.3) is 99.4 Å². The van der Waals surface area contributed by atoms with E-state index in [2.05, 4.69) is 236 Å². The number of hydrogen-bond donors (Lipinski definition) is 0. The molecule has 10 aromatic carbocycles. The lowest BCUT2D eigenvalue weighted by atomic mass is 9.80. The van der Waals surface area contributed by atoms with Crippen LogP contribution in [0, 0.1) is 0 Å². The molecule has 3 aliphatic rings. The van der Waals surface area contributed by atoms with Crippen molar-refractivity contribution in [3.8, 4) is 77.9 Å². The number of benzene rings is 10. The predicted molar refractivity (Wildman–Crippen MR) is 276 cm³/mol. The third-order valence-corrected chi connectivity index (χ3v) is 15.9. The molecule has 0 heteroatoms. The molecule has 0 atom stereocenters. The van der Waals surface area contributed by atoms with E-state index in [1.165, 1.54) is 133 Å². The number of hydrogen-bond acceptors (Lipinski definition) is 0. The fraction of sp³-hybridized carbons (Fsp3) is 0.138. The summed E-state index contributed by atoms with van der Waals surface area (Å²) in [6, 6.07) is 74.1. The minimum Gasteiger partial charge on any atom is -0.0619 e. The highest BCUT2D eigenvalue weighted by Gasteiger charge is 2.38. The molecule has 0 unspecified atom stereocenters. The summed E-state index contributed by atoms with van der Waals surface area (Å²) in [6.07, 6.45) is 0. The molecule has 0 fully saturated rings. The van der Waals surface area contributed by atoms with Crippen LogP contribution in [0.1, 0.15) is 74.9 Å². The molecular weight excluding hydrogens is 781 g/mol. The van der Waals surface area contributed by atoms with E-state index in [1.807, 2.05) is 0 Å². The Hall–Kier alpha value is -7.28. The van der Waals surface area contributed by atoms with Crippen LogP contribution < -0.4 is 0 Å². The lowest BCUT2D eigenvalue weighted by molar-refractivity contribution is 0.660. The average Bonchev–Trinajstić information content (AvgIpc) is 3.82. The molecule has 0 saturated heterocycles. The fourth-order valence-electron chi connectivity index (χ4n) is 12.5. The van der Waals surface area contributed by atoms with Crippen molar-refractivity contribution in [2.24, 2.45) is 0 Å². The van der Waals surface area contributed by atoms with Gasteiger partial charge in [0.05, 0.1) is 0 Å². The first-order valence-electron chi connectivity index (χ1n) is 23.3. The minimum absolute atomic E-state index is 0.0619. The van der Waals surface area contributed by atoms with Gasteiger partial charge in [0.1, 0.15) is 0 Å². The molecule has 0 radical (unpaired) electrons. The Bertz CT molecular complexity index is 3680. The van der Waals surface area contributed by atoms with Gasteiger partial charge in [0.2, 0.25) is 0 Å². The molecule has 0 aromatic heterocycles. The van der Waals surface area contributed by atoms with E-state index in [0.717, 1.165) is 0 Å². The zero-order valence-corrected chi connectivity index (χ0v) is 38.0. The van der Waals surface area contributed by atoms with E-state index in [4.69, 9.17) is 0 Å². The van der Waals surface area contributed by atoms with Crippen LogP contribution in [-0.2, 0) is 16.2 Å². The average molecular weight is 831 g/mol. The molecule has 13 rings (SSSR count). The molecule has 3 aliphatic carbocycles. The summed E-state index contributed by atoms with van der Waals surface area (Å²) in [6.45, 7) is 14.3. The van der Waals surface area contributed by atoms with E-state index in [1.54, 1.807) is 0 Å². The second-order valence-electron chi connectivity index (χ2n) is 20.4. The summed E-state index contributed by atoms with van der Waals surface area (Å²) >= 11 is 0. The Morgan fingerprint density at radius 2 is 0.538 bits per heavy atom. The molecule has 65 heavy (non-hydrogen) atoms. The van der Waals surface area contributed by atoms with Gasteiger partial charge in [-0.25, -0.2) is 0 Å². The number of fused-ring (bicyclic) bond motifs is 11. The van der Waals surface area contributed by atoms with Gasteiger partial charge in [0.25, 0.3) is 0 Å². The molecule has 10 aromatic rings. The van der Waals surface area contributed by atoms with Crippen molar-refractivity contribution < 1.29 is 0 Å². The van der Waals surface area contributed by atoms with Crippen LogP contribution in [0.15, 0.2) is 194 Å². The van der Waals surface area contributed by atoms with Gasteiger partial charge >= 0.3 is 0 Å². The van der Waals surface area contributed by atoms with E-state index >= 15 is 0 Å². The predicted octanol–water partition coefficient (Wildman–Crippen LogP) is 17.6. The van der Waals surface area contributed by atoms with Gasteiger partial charge in [0, 0.05) is 16.2 Å². The van der Waals surface area contributed by atoms with Crippen molar-refractivity contribution in [2.45, 2.75) is 57.8 Å². The smallest absolute Gasteiger partial charge is 0.0159 e. The Morgan fingerprint density at radius 1 is 0.215 bits per heavy atom. The van der Waals surface area contributed by atoms with Crippen LogP contribution in [0.4, 0.5) is 0 Å². The van der Waals surface area contributed by atoms with E-state index in [-0.39, 0.29) is 16.2 Å². The van der Waals surface area contributed by atoms with E-state index < -0.39 is 0 Å². The van der Waals surface area contributed by atoms with Crippen molar-refractivity contribution in [1.82, 2.24) is 0 Å². The lowest BCUT2D eigenvalue weighted by Gasteiger charge is -2.23. The third kappa shape index (κ3) is 5.32. The first kappa shape index (κ1) is 38.2. The maximum absolute atomic E-state index is 2.51. The first-order valence-corrected chi connectivity index (χ1v) is 23.3. The quantitative estimate of drug-likeness (QED) is 0.155. The number of rotatable bonds is 4. The minimum atomic E-state index is -0.108. The van der Waals surface area contributed by atoms with Crippen molar-refractivity contribution >= 4 is 21.5 Å². The Balaban J connectivity index is 1.03. The van der Waals surface area contributed by atoms with Gasteiger partial charge in [-0.15, -0.1) is 0 Å². The fourth-order valence-corrected chi connectivity index (χ4v) is 12.5. The summed E-state index contributed by atoms with van der Waals surface area (Å²) in [7, 11) is 0. The highest BCUT2D eigenvalue weighted by Crippen LogP contribution is 2.54. The van der Waals surface area contributed by atoms with Crippen molar-refractivity contribution in [3.05, 3.63) is 228 Å². The molecule has 0 spiro atoms. The normalized spacial score (nSPS) is 15.3. The van der Waals surface area contributed by atoms with Crippen LogP contribution in [0.5, 0.6) is 0 Å². The molecule has 0 N–H and O–H groups in total. The van der Waals surface area contributed by atoms with E-state index in [9.17, 15) is 0 Å². The lowest BCUT2D eigenvalue weighted by Crippen LogP contribution is -2.15. The standard InChI is InChI=1S/C65H50/c1-63(2)55-23-12-9-18-45(55)48-30-26-41(36-58(48)63)39-16-15-17-43(34-39)61-51-21-7-8-22-52(51)62(44-29-32-50-47-20-11-14-25-57(47)65(5,6)60(50)38-44)54-35-40(28-33-53(54)61)42-27-31-49-46-19-10-13-24-56(46)64(3,4)59(49)37-42/h7-38H,1-6H3. The molecule has 0 aliphatic heterocycles. The van der Waals surface area contributed by atoms with Gasteiger partial charge in [-0.2, -0.15) is 0 Å². The molecule has 310 valence electrons. The zero-order chi connectivity index (χ0) is 44.0. The van der Waals surface area contributed by atoms with Crippen molar-refractivity contribution in [1.29, 1.82) is 0 Å². The molecule has 0 bridgehead atoms. The largest absolute Gasteiger partial charge is 0.0619 e. The Morgan fingerprint density at radius 3 is 1.05 bits per heavy atom. The van der Waals surface area contributed by atoms with Gasteiger partial charge in [-0.05, 0) is 163 Å². The van der Waals surface area contributed by atoms with Crippen molar-refractivity contribution in [3.63, 3.8) is 0 Å².